The third-order valence-corrected chi connectivity index (χ3v) is 5.04. The monoisotopic (exact) mass is 288 g/mol. The molecular weight excluding hydrogens is 271 g/mol. The molecule has 0 atom stereocenters. The molecule has 0 unspecified atom stereocenters. The normalized spacial score (nSPS) is 15.8. The second-order valence-electron chi connectivity index (χ2n) is 5.56. The Bertz CT molecular complexity index is 657. The van der Waals surface area contributed by atoms with Crippen molar-refractivity contribution in [1.29, 1.82) is 0 Å². The van der Waals surface area contributed by atoms with Crippen molar-refractivity contribution in [2.24, 2.45) is 0 Å². The van der Waals surface area contributed by atoms with Crippen molar-refractivity contribution in [1.82, 2.24) is 0 Å². The van der Waals surface area contributed by atoms with E-state index in [-0.39, 0.29) is 11.6 Å². The van der Waals surface area contributed by atoms with Crippen LogP contribution >= 0.6 is 7.60 Å². The molecule has 0 spiro atoms. The minimum atomic E-state index is -3.98. The summed E-state index contributed by atoms with van der Waals surface area (Å²) in [5.41, 5.74) is 4.35. The van der Waals surface area contributed by atoms with Crippen LogP contribution in [0.2, 0.25) is 0 Å². The van der Waals surface area contributed by atoms with Crippen molar-refractivity contribution in [3.8, 4) is 11.1 Å². The molecule has 0 bridgehead atoms. The van der Waals surface area contributed by atoms with Gasteiger partial charge in [0, 0.05) is 5.41 Å². The Hall–Kier alpha value is -1.41. The van der Waals surface area contributed by atoms with Gasteiger partial charge in [-0.05, 0) is 28.7 Å². The van der Waals surface area contributed by atoms with E-state index in [1.54, 1.807) is 0 Å². The largest absolute Gasteiger partial charge is 0.325 e. The Labute approximate surface area is 118 Å². The first-order valence-corrected chi connectivity index (χ1v) is 8.45. The summed E-state index contributed by atoms with van der Waals surface area (Å²) in [6.45, 7) is 2.08. The highest BCUT2D eigenvalue weighted by atomic mass is 31.2. The molecule has 2 aromatic rings. The maximum Gasteiger partial charge on any atom is 0.325 e. The minimum Gasteiger partial charge on any atom is -0.324 e. The topological polar surface area (TPSA) is 57.5 Å². The van der Waals surface area contributed by atoms with Gasteiger partial charge >= 0.3 is 7.60 Å². The molecule has 1 aliphatic rings. The summed E-state index contributed by atoms with van der Waals surface area (Å²) in [4.78, 5) is 18.4. The predicted octanol–water partition coefficient (Wildman–Crippen LogP) is 3.54. The van der Waals surface area contributed by atoms with Crippen molar-refractivity contribution in [3.05, 3.63) is 59.7 Å². The van der Waals surface area contributed by atoms with Gasteiger partial charge in [-0.2, -0.15) is 0 Å². The third-order valence-electron chi connectivity index (χ3n) is 4.24. The van der Waals surface area contributed by atoms with Crippen LogP contribution in [0.25, 0.3) is 11.1 Å². The van der Waals surface area contributed by atoms with Gasteiger partial charge in [-0.3, -0.25) is 4.57 Å². The standard InChI is InChI=1S/C16H17O3P/c1-16(10-11-20(17,18)19)14-8-4-2-6-12(14)13-7-3-5-9-15(13)16/h2-9H,10-11H2,1H3,(H2,17,18,19). The van der Waals surface area contributed by atoms with Gasteiger partial charge in [-0.15, -0.1) is 0 Å². The fraction of sp³-hybridized carbons (Fsp3) is 0.250. The zero-order valence-corrected chi connectivity index (χ0v) is 12.2. The van der Waals surface area contributed by atoms with E-state index in [0.717, 1.165) is 11.1 Å². The van der Waals surface area contributed by atoms with Crippen LogP contribution in [0.4, 0.5) is 0 Å². The van der Waals surface area contributed by atoms with Gasteiger partial charge in [-0.1, -0.05) is 55.5 Å². The summed E-state index contributed by atoms with van der Waals surface area (Å²) in [6.07, 6.45) is 0.359. The average Bonchev–Trinajstić information content (AvgIpc) is 2.68. The van der Waals surface area contributed by atoms with Crippen LogP contribution in [-0.4, -0.2) is 15.9 Å². The molecule has 0 amide bonds. The highest BCUT2D eigenvalue weighted by molar-refractivity contribution is 7.51. The first-order chi connectivity index (χ1) is 9.42. The molecule has 0 saturated heterocycles. The first kappa shape index (κ1) is 13.6. The van der Waals surface area contributed by atoms with Crippen molar-refractivity contribution in [2.45, 2.75) is 18.8 Å². The second kappa shape index (κ2) is 4.56. The van der Waals surface area contributed by atoms with E-state index in [9.17, 15) is 14.4 Å². The number of hydrogen-bond acceptors (Lipinski definition) is 1. The highest BCUT2D eigenvalue weighted by Gasteiger charge is 2.39. The van der Waals surface area contributed by atoms with Gasteiger partial charge in [0.15, 0.2) is 0 Å². The van der Waals surface area contributed by atoms with E-state index in [4.69, 9.17) is 0 Å². The van der Waals surface area contributed by atoms with Gasteiger partial charge < -0.3 is 9.79 Å². The molecule has 0 radical (unpaired) electrons. The Morgan fingerprint density at radius 2 is 1.40 bits per heavy atom. The maximum absolute atomic E-state index is 11.2. The highest BCUT2D eigenvalue weighted by Crippen LogP contribution is 2.52. The molecule has 0 aliphatic heterocycles. The summed E-state index contributed by atoms with van der Waals surface area (Å²) in [7, 11) is -3.98. The lowest BCUT2D eigenvalue weighted by molar-refractivity contribution is 0.366. The zero-order valence-electron chi connectivity index (χ0n) is 11.3. The van der Waals surface area contributed by atoms with Gasteiger partial charge in [0.05, 0.1) is 6.16 Å². The molecule has 1 aliphatic carbocycles. The van der Waals surface area contributed by atoms with E-state index in [0.29, 0.717) is 6.42 Å². The van der Waals surface area contributed by atoms with Gasteiger partial charge in [0.1, 0.15) is 0 Å². The summed E-state index contributed by atoms with van der Waals surface area (Å²) in [5, 5.41) is 0. The number of benzene rings is 2. The van der Waals surface area contributed by atoms with E-state index >= 15 is 0 Å². The van der Waals surface area contributed by atoms with Crippen LogP contribution < -0.4 is 0 Å². The molecule has 104 valence electrons. The first-order valence-electron chi connectivity index (χ1n) is 6.66. The van der Waals surface area contributed by atoms with Crippen LogP contribution in [0.5, 0.6) is 0 Å². The van der Waals surface area contributed by atoms with Crippen LogP contribution in [0.1, 0.15) is 24.5 Å². The van der Waals surface area contributed by atoms with Gasteiger partial charge in [0.25, 0.3) is 0 Å². The summed E-state index contributed by atoms with van der Waals surface area (Å²) in [5.74, 6) is 0. The SMILES string of the molecule is CC1(CCP(=O)(O)O)c2ccccc2-c2ccccc21. The molecular formula is C16H17O3P. The predicted molar refractivity (Wildman–Crippen MR) is 79.9 cm³/mol. The molecule has 20 heavy (non-hydrogen) atoms. The van der Waals surface area contributed by atoms with Crippen LogP contribution in [0, 0.1) is 0 Å². The zero-order chi connectivity index (χ0) is 14.4. The Morgan fingerprint density at radius 3 is 1.85 bits per heavy atom. The molecule has 4 heteroatoms. The lowest BCUT2D eigenvalue weighted by atomic mass is 9.78. The molecule has 0 fully saturated rings. The average molecular weight is 288 g/mol. The van der Waals surface area contributed by atoms with Crippen LogP contribution in [0.15, 0.2) is 48.5 Å². The molecule has 0 aromatic heterocycles. The molecule has 2 N–H and O–H groups in total. The van der Waals surface area contributed by atoms with E-state index in [1.165, 1.54) is 11.1 Å². The fourth-order valence-electron chi connectivity index (χ4n) is 3.18. The Kier molecular flexibility index (Phi) is 3.09. The smallest absolute Gasteiger partial charge is 0.324 e. The maximum atomic E-state index is 11.2. The second-order valence-corrected chi connectivity index (χ2v) is 7.34. The molecule has 2 aromatic carbocycles. The molecule has 0 saturated carbocycles. The quantitative estimate of drug-likeness (QED) is 0.849. The van der Waals surface area contributed by atoms with Gasteiger partial charge in [-0.25, -0.2) is 0 Å². The molecule has 3 rings (SSSR count). The summed E-state index contributed by atoms with van der Waals surface area (Å²) < 4.78 is 11.2. The van der Waals surface area contributed by atoms with Crippen molar-refractivity contribution >= 4 is 7.60 Å². The van der Waals surface area contributed by atoms with E-state index < -0.39 is 7.60 Å². The van der Waals surface area contributed by atoms with Crippen molar-refractivity contribution < 1.29 is 14.4 Å². The van der Waals surface area contributed by atoms with E-state index in [1.807, 2.05) is 24.3 Å². The van der Waals surface area contributed by atoms with Crippen molar-refractivity contribution in [3.63, 3.8) is 0 Å². The Morgan fingerprint density at radius 1 is 0.950 bits per heavy atom. The lowest BCUT2D eigenvalue weighted by Crippen LogP contribution is -2.22. The molecule has 3 nitrogen and oxygen atoms in total. The Balaban J connectivity index is 2.13. The van der Waals surface area contributed by atoms with E-state index in [2.05, 4.69) is 31.2 Å². The van der Waals surface area contributed by atoms with Gasteiger partial charge in [0.2, 0.25) is 0 Å². The van der Waals surface area contributed by atoms with Crippen molar-refractivity contribution in [2.75, 3.05) is 6.16 Å². The van der Waals surface area contributed by atoms with Crippen LogP contribution in [0.3, 0.4) is 0 Å². The number of hydrogen-bond donors (Lipinski definition) is 2. The lowest BCUT2D eigenvalue weighted by Gasteiger charge is -2.27. The third kappa shape index (κ3) is 2.12. The molecule has 0 heterocycles. The fourth-order valence-corrected chi connectivity index (χ4v) is 3.92. The number of fused-ring (bicyclic) bond motifs is 3. The summed E-state index contributed by atoms with van der Waals surface area (Å²) in [6, 6.07) is 16.3. The van der Waals surface area contributed by atoms with Crippen LogP contribution in [-0.2, 0) is 9.98 Å². The minimum absolute atomic E-state index is 0.0911. The summed E-state index contributed by atoms with van der Waals surface area (Å²) >= 11 is 0. The number of rotatable bonds is 3.